The van der Waals surface area contributed by atoms with Gasteiger partial charge < -0.3 is 10.8 Å². The van der Waals surface area contributed by atoms with Crippen LogP contribution >= 0.6 is 0 Å². The Balaban J connectivity index is 1.96. The Morgan fingerprint density at radius 2 is 1.80 bits per heavy atom. The summed E-state index contributed by atoms with van der Waals surface area (Å²) in [5.41, 5.74) is 7.71. The first-order chi connectivity index (χ1) is 9.56. The minimum absolute atomic E-state index is 0.221. The Labute approximate surface area is 118 Å². The highest BCUT2D eigenvalue weighted by atomic mass is 19.1. The van der Waals surface area contributed by atoms with Gasteiger partial charge in [-0.25, -0.2) is 4.39 Å². The van der Waals surface area contributed by atoms with Crippen molar-refractivity contribution in [2.75, 3.05) is 19.3 Å². The third kappa shape index (κ3) is 3.79. The zero-order chi connectivity index (χ0) is 14.5. The molecule has 1 unspecified atom stereocenters. The normalized spacial score (nSPS) is 12.6. The fourth-order valence-electron chi connectivity index (χ4n) is 2.10. The molecule has 0 heterocycles. The number of hydrogen-bond donors (Lipinski definition) is 2. The van der Waals surface area contributed by atoms with E-state index < -0.39 is 6.10 Å². The number of nitrogens with zero attached hydrogens (tertiary/aromatic N) is 1. The average Bonchev–Trinajstić information content (AvgIpc) is 2.42. The molecule has 0 aliphatic heterocycles. The van der Waals surface area contributed by atoms with Crippen LogP contribution in [0.5, 0.6) is 0 Å². The highest BCUT2D eigenvalue weighted by Crippen LogP contribution is 2.17. The smallest absolute Gasteiger partial charge is 0.127 e. The van der Waals surface area contributed by atoms with E-state index in [4.69, 9.17) is 5.73 Å². The Kier molecular flexibility index (Phi) is 4.71. The van der Waals surface area contributed by atoms with Crippen LogP contribution in [-0.2, 0) is 6.54 Å². The Morgan fingerprint density at radius 3 is 2.45 bits per heavy atom. The molecule has 0 aliphatic carbocycles. The van der Waals surface area contributed by atoms with E-state index >= 15 is 0 Å². The van der Waals surface area contributed by atoms with Gasteiger partial charge in [-0.2, -0.15) is 0 Å². The minimum Gasteiger partial charge on any atom is -0.399 e. The van der Waals surface area contributed by atoms with Gasteiger partial charge in [0.25, 0.3) is 0 Å². The Hall–Kier alpha value is -1.91. The minimum atomic E-state index is -0.618. The molecule has 0 bridgehead atoms. The number of likely N-dealkylation sites (N-methyl/N-ethyl adjacent to an activating group) is 1. The molecule has 0 spiro atoms. The zero-order valence-corrected chi connectivity index (χ0v) is 11.5. The highest BCUT2D eigenvalue weighted by Gasteiger charge is 2.12. The van der Waals surface area contributed by atoms with E-state index in [-0.39, 0.29) is 5.82 Å². The fourth-order valence-corrected chi connectivity index (χ4v) is 2.10. The summed E-state index contributed by atoms with van der Waals surface area (Å²) in [6.45, 7) is 0.886. The van der Waals surface area contributed by atoms with Crippen molar-refractivity contribution in [2.45, 2.75) is 12.6 Å². The van der Waals surface area contributed by atoms with Crippen molar-refractivity contribution in [1.29, 1.82) is 0 Å². The van der Waals surface area contributed by atoms with Crippen molar-refractivity contribution >= 4 is 5.69 Å². The van der Waals surface area contributed by atoms with E-state index in [2.05, 4.69) is 0 Å². The monoisotopic (exact) mass is 274 g/mol. The standard InChI is InChI=1S/C16H19FN2O/c1-19(10-13-4-2-3-5-15(13)17)11-16(20)12-6-8-14(18)9-7-12/h2-9,16,20H,10-11,18H2,1H3. The lowest BCUT2D eigenvalue weighted by Gasteiger charge is -2.21. The first-order valence-electron chi connectivity index (χ1n) is 6.51. The van der Waals surface area contributed by atoms with Crippen molar-refractivity contribution in [3.63, 3.8) is 0 Å². The molecule has 0 radical (unpaired) electrons. The van der Waals surface area contributed by atoms with Crippen molar-refractivity contribution in [2.24, 2.45) is 0 Å². The quantitative estimate of drug-likeness (QED) is 0.824. The van der Waals surface area contributed by atoms with Crippen LogP contribution in [0.4, 0.5) is 10.1 Å². The van der Waals surface area contributed by atoms with Crippen LogP contribution in [0.2, 0.25) is 0 Å². The predicted molar refractivity (Wildman–Crippen MR) is 78.5 cm³/mol. The summed E-state index contributed by atoms with van der Waals surface area (Å²) in [6.07, 6.45) is -0.618. The Bertz CT molecular complexity index is 557. The number of aliphatic hydroxyl groups excluding tert-OH is 1. The molecule has 0 saturated heterocycles. The second-order valence-corrected chi connectivity index (χ2v) is 4.97. The van der Waals surface area contributed by atoms with Gasteiger partial charge in [0, 0.05) is 24.3 Å². The van der Waals surface area contributed by atoms with Gasteiger partial charge in [0.1, 0.15) is 5.82 Å². The van der Waals surface area contributed by atoms with E-state index in [1.54, 1.807) is 36.4 Å². The lowest BCUT2D eigenvalue weighted by molar-refractivity contribution is 0.123. The second-order valence-electron chi connectivity index (χ2n) is 4.97. The molecule has 3 N–H and O–H groups in total. The topological polar surface area (TPSA) is 49.5 Å². The van der Waals surface area contributed by atoms with Gasteiger partial charge in [0.05, 0.1) is 6.10 Å². The number of aliphatic hydroxyl groups is 1. The maximum Gasteiger partial charge on any atom is 0.127 e. The van der Waals surface area contributed by atoms with Crippen molar-refractivity contribution in [3.8, 4) is 0 Å². The van der Waals surface area contributed by atoms with E-state index in [1.807, 2.05) is 18.0 Å². The molecule has 0 aliphatic rings. The maximum atomic E-state index is 13.6. The van der Waals surface area contributed by atoms with Crippen LogP contribution in [0.15, 0.2) is 48.5 Å². The summed E-state index contributed by atoms with van der Waals surface area (Å²) < 4.78 is 13.6. The van der Waals surface area contributed by atoms with Crippen molar-refractivity contribution in [1.82, 2.24) is 4.90 Å². The largest absolute Gasteiger partial charge is 0.399 e. The second kappa shape index (κ2) is 6.50. The van der Waals surface area contributed by atoms with E-state index in [9.17, 15) is 9.50 Å². The highest BCUT2D eigenvalue weighted by molar-refractivity contribution is 5.39. The lowest BCUT2D eigenvalue weighted by atomic mass is 10.1. The summed E-state index contributed by atoms with van der Waals surface area (Å²) in [5, 5.41) is 10.2. The molecule has 2 aromatic carbocycles. The number of benzene rings is 2. The van der Waals surface area contributed by atoms with Crippen LogP contribution in [0, 0.1) is 5.82 Å². The summed E-state index contributed by atoms with van der Waals surface area (Å²) in [7, 11) is 1.85. The molecule has 20 heavy (non-hydrogen) atoms. The number of nitrogens with two attached hydrogens (primary N) is 1. The van der Waals surface area contributed by atoms with Gasteiger partial charge in [-0.05, 0) is 30.8 Å². The van der Waals surface area contributed by atoms with Gasteiger partial charge >= 0.3 is 0 Å². The molecular weight excluding hydrogens is 255 g/mol. The van der Waals surface area contributed by atoms with E-state index in [0.29, 0.717) is 24.3 Å². The number of halogens is 1. The number of nitrogen functional groups attached to an aromatic ring is 1. The number of rotatable bonds is 5. The van der Waals surface area contributed by atoms with Crippen LogP contribution < -0.4 is 5.73 Å². The molecule has 3 nitrogen and oxygen atoms in total. The third-order valence-corrected chi connectivity index (χ3v) is 3.20. The van der Waals surface area contributed by atoms with Crippen LogP contribution in [-0.4, -0.2) is 23.6 Å². The summed E-state index contributed by atoms with van der Waals surface area (Å²) in [5.74, 6) is -0.221. The van der Waals surface area contributed by atoms with Gasteiger partial charge in [-0.1, -0.05) is 30.3 Å². The molecule has 2 aromatic rings. The molecule has 2 rings (SSSR count). The Morgan fingerprint density at radius 1 is 1.15 bits per heavy atom. The SMILES string of the molecule is CN(Cc1ccccc1F)CC(O)c1ccc(N)cc1. The van der Waals surface area contributed by atoms with Crippen LogP contribution in [0.25, 0.3) is 0 Å². The van der Waals surface area contributed by atoms with Crippen molar-refractivity contribution < 1.29 is 9.50 Å². The molecule has 0 aromatic heterocycles. The average molecular weight is 274 g/mol. The van der Waals surface area contributed by atoms with Gasteiger partial charge in [-0.3, -0.25) is 4.90 Å². The summed E-state index contributed by atoms with van der Waals surface area (Å²) in [6, 6.07) is 13.8. The molecule has 0 amide bonds. The van der Waals surface area contributed by atoms with Crippen molar-refractivity contribution in [3.05, 3.63) is 65.5 Å². The molecule has 0 fully saturated rings. The maximum absolute atomic E-state index is 13.6. The first-order valence-corrected chi connectivity index (χ1v) is 6.51. The van der Waals surface area contributed by atoms with Gasteiger partial charge in [0.15, 0.2) is 0 Å². The summed E-state index contributed by atoms with van der Waals surface area (Å²) in [4.78, 5) is 1.89. The molecular formula is C16H19FN2O. The lowest BCUT2D eigenvalue weighted by Crippen LogP contribution is -2.24. The van der Waals surface area contributed by atoms with Gasteiger partial charge in [0.2, 0.25) is 0 Å². The number of hydrogen-bond acceptors (Lipinski definition) is 3. The third-order valence-electron chi connectivity index (χ3n) is 3.20. The fraction of sp³-hybridized carbons (Fsp3) is 0.250. The van der Waals surface area contributed by atoms with E-state index in [0.717, 1.165) is 5.56 Å². The predicted octanol–water partition coefficient (Wildman–Crippen LogP) is 2.57. The number of anilines is 1. The van der Waals surface area contributed by atoms with Gasteiger partial charge in [-0.15, -0.1) is 0 Å². The molecule has 4 heteroatoms. The van der Waals surface area contributed by atoms with E-state index in [1.165, 1.54) is 6.07 Å². The van der Waals surface area contributed by atoms with Crippen LogP contribution in [0.1, 0.15) is 17.2 Å². The molecule has 0 saturated carbocycles. The zero-order valence-electron chi connectivity index (χ0n) is 11.5. The first kappa shape index (κ1) is 14.5. The molecule has 1 atom stereocenters. The van der Waals surface area contributed by atoms with Crippen LogP contribution in [0.3, 0.4) is 0 Å². The summed E-state index contributed by atoms with van der Waals surface area (Å²) >= 11 is 0. The molecule has 106 valence electrons.